The van der Waals surface area contributed by atoms with E-state index in [1.165, 1.54) is 12.7 Å². The van der Waals surface area contributed by atoms with E-state index in [1.54, 1.807) is 10.9 Å². The highest BCUT2D eigenvalue weighted by Crippen LogP contribution is 2.28. The van der Waals surface area contributed by atoms with E-state index in [1.807, 2.05) is 24.3 Å². The van der Waals surface area contributed by atoms with E-state index in [2.05, 4.69) is 9.84 Å². The van der Waals surface area contributed by atoms with Crippen molar-refractivity contribution in [1.29, 1.82) is 0 Å². The summed E-state index contributed by atoms with van der Waals surface area (Å²) in [6.45, 7) is 0.538. The monoisotopic (exact) mass is 273 g/mol. The van der Waals surface area contributed by atoms with Crippen molar-refractivity contribution in [2.24, 2.45) is 0 Å². The molecule has 0 radical (unpaired) electrons. The molecule has 1 aliphatic rings. The third-order valence-electron chi connectivity index (χ3n) is 3.27. The average molecular weight is 273 g/mol. The molecule has 1 aromatic carbocycles. The molecule has 20 heavy (non-hydrogen) atoms. The molecule has 0 aliphatic carbocycles. The molecule has 1 aliphatic heterocycles. The van der Waals surface area contributed by atoms with Crippen LogP contribution in [-0.4, -0.2) is 29.0 Å². The van der Waals surface area contributed by atoms with Crippen LogP contribution in [0.2, 0.25) is 0 Å². The minimum atomic E-state index is -0.531. The Hall–Kier alpha value is -2.50. The van der Waals surface area contributed by atoms with E-state index in [0.29, 0.717) is 12.2 Å². The number of anilines is 1. The zero-order valence-electron chi connectivity index (χ0n) is 11.1. The molecular weight excluding hydrogens is 258 g/mol. The maximum absolute atomic E-state index is 11.5. The lowest BCUT2D eigenvalue weighted by molar-refractivity contribution is 0.0593. The highest BCUT2D eigenvalue weighted by molar-refractivity contribution is 5.92. The van der Waals surface area contributed by atoms with Crippen LogP contribution < -0.4 is 10.5 Å². The Labute approximate surface area is 116 Å². The first-order valence-electron chi connectivity index (χ1n) is 6.33. The molecule has 6 nitrogen and oxygen atoms in total. The molecule has 104 valence electrons. The number of fused-ring (bicyclic) bond motifs is 1. The number of aromatic nitrogens is 2. The average Bonchev–Trinajstić information content (AvgIpc) is 3.01. The summed E-state index contributed by atoms with van der Waals surface area (Å²) < 4.78 is 12.1. The van der Waals surface area contributed by atoms with Crippen molar-refractivity contribution < 1.29 is 14.3 Å². The van der Waals surface area contributed by atoms with Gasteiger partial charge in [-0.25, -0.2) is 4.79 Å². The summed E-state index contributed by atoms with van der Waals surface area (Å²) in [5.41, 5.74) is 7.39. The van der Waals surface area contributed by atoms with Crippen molar-refractivity contribution in [1.82, 2.24) is 9.78 Å². The normalized spacial score (nSPS) is 16.6. The first-order chi connectivity index (χ1) is 9.67. The van der Waals surface area contributed by atoms with Gasteiger partial charge in [0.15, 0.2) is 5.69 Å². The molecule has 2 N–H and O–H groups in total. The predicted octanol–water partition coefficient (Wildman–Crippen LogP) is 1.26. The van der Waals surface area contributed by atoms with Crippen LogP contribution in [-0.2, 0) is 17.7 Å². The second kappa shape index (κ2) is 4.88. The fourth-order valence-electron chi connectivity index (χ4n) is 2.35. The second-order valence-corrected chi connectivity index (χ2v) is 4.70. The van der Waals surface area contributed by atoms with E-state index in [4.69, 9.17) is 10.5 Å². The molecule has 1 atom stereocenters. The number of esters is 1. The van der Waals surface area contributed by atoms with Gasteiger partial charge in [0.2, 0.25) is 0 Å². The maximum Gasteiger partial charge on any atom is 0.360 e. The number of hydrogen-bond donors (Lipinski definition) is 1. The first kappa shape index (κ1) is 12.5. The Morgan fingerprint density at radius 3 is 3.10 bits per heavy atom. The Bertz CT molecular complexity index is 626. The topological polar surface area (TPSA) is 79.4 Å². The highest BCUT2D eigenvalue weighted by atomic mass is 16.5. The summed E-state index contributed by atoms with van der Waals surface area (Å²) in [5.74, 6) is 0.377. The van der Waals surface area contributed by atoms with Crippen LogP contribution in [0.5, 0.6) is 5.75 Å². The third-order valence-corrected chi connectivity index (χ3v) is 3.27. The van der Waals surface area contributed by atoms with E-state index >= 15 is 0 Å². The van der Waals surface area contributed by atoms with Crippen molar-refractivity contribution >= 4 is 11.7 Å². The summed E-state index contributed by atoms with van der Waals surface area (Å²) >= 11 is 0. The molecule has 0 amide bonds. The molecule has 2 aromatic rings. The third kappa shape index (κ3) is 2.20. The predicted molar refractivity (Wildman–Crippen MR) is 72.5 cm³/mol. The fourth-order valence-corrected chi connectivity index (χ4v) is 2.35. The van der Waals surface area contributed by atoms with Gasteiger partial charge in [-0.3, -0.25) is 4.68 Å². The van der Waals surface area contributed by atoms with Gasteiger partial charge in [0.1, 0.15) is 11.9 Å². The van der Waals surface area contributed by atoms with Crippen molar-refractivity contribution in [2.75, 3.05) is 12.8 Å². The van der Waals surface area contributed by atoms with Crippen molar-refractivity contribution in [3.63, 3.8) is 0 Å². The van der Waals surface area contributed by atoms with Gasteiger partial charge in [-0.1, -0.05) is 18.2 Å². The lowest BCUT2D eigenvalue weighted by atomic mass is 10.1. The fraction of sp³-hybridized carbons (Fsp3) is 0.286. The van der Waals surface area contributed by atoms with Gasteiger partial charge in [-0.05, 0) is 11.6 Å². The van der Waals surface area contributed by atoms with Crippen LogP contribution in [0.15, 0.2) is 30.5 Å². The zero-order chi connectivity index (χ0) is 14.1. The van der Waals surface area contributed by atoms with Gasteiger partial charge in [0.05, 0.1) is 19.3 Å². The van der Waals surface area contributed by atoms with Crippen LogP contribution >= 0.6 is 0 Å². The van der Waals surface area contributed by atoms with Crippen molar-refractivity contribution in [3.8, 4) is 5.75 Å². The number of carbonyl (C=O) groups is 1. The van der Waals surface area contributed by atoms with Gasteiger partial charge in [0, 0.05) is 12.6 Å². The van der Waals surface area contributed by atoms with Gasteiger partial charge >= 0.3 is 5.97 Å². The molecule has 0 saturated heterocycles. The molecule has 0 bridgehead atoms. The summed E-state index contributed by atoms with van der Waals surface area (Å²) in [6.07, 6.45) is 2.44. The van der Waals surface area contributed by atoms with E-state index in [9.17, 15) is 4.79 Å². The SMILES string of the molecule is COC(=O)c1nn(CC2Cc3ccccc3O2)cc1N. The maximum atomic E-state index is 11.5. The number of hydrogen-bond acceptors (Lipinski definition) is 5. The Morgan fingerprint density at radius 2 is 2.35 bits per heavy atom. The lowest BCUT2D eigenvalue weighted by Gasteiger charge is -2.10. The molecule has 1 aromatic heterocycles. The molecule has 0 fully saturated rings. The molecule has 2 heterocycles. The Balaban J connectivity index is 1.73. The summed E-state index contributed by atoms with van der Waals surface area (Å²) in [5, 5.41) is 4.14. The van der Waals surface area contributed by atoms with Crippen LogP contribution in [0.25, 0.3) is 0 Å². The number of nitrogens with two attached hydrogens (primary N) is 1. The lowest BCUT2D eigenvalue weighted by Crippen LogP contribution is -2.21. The molecule has 0 saturated carbocycles. The summed E-state index contributed by atoms with van der Waals surface area (Å²) in [7, 11) is 1.30. The van der Waals surface area contributed by atoms with E-state index in [-0.39, 0.29) is 11.8 Å². The summed E-state index contributed by atoms with van der Waals surface area (Å²) in [4.78, 5) is 11.5. The van der Waals surface area contributed by atoms with E-state index in [0.717, 1.165) is 12.2 Å². The minimum absolute atomic E-state index is 0.00260. The smallest absolute Gasteiger partial charge is 0.360 e. The van der Waals surface area contributed by atoms with Crippen LogP contribution in [0.1, 0.15) is 16.1 Å². The zero-order valence-corrected chi connectivity index (χ0v) is 11.1. The Kier molecular flexibility index (Phi) is 3.06. The van der Waals surface area contributed by atoms with Gasteiger partial charge < -0.3 is 15.2 Å². The highest BCUT2D eigenvalue weighted by Gasteiger charge is 2.24. The number of methoxy groups -OCH3 is 1. The number of rotatable bonds is 3. The minimum Gasteiger partial charge on any atom is -0.488 e. The van der Waals surface area contributed by atoms with Crippen molar-refractivity contribution in [3.05, 3.63) is 41.7 Å². The first-order valence-corrected chi connectivity index (χ1v) is 6.33. The van der Waals surface area contributed by atoms with Crippen LogP contribution in [0, 0.1) is 0 Å². The van der Waals surface area contributed by atoms with Gasteiger partial charge in [0.25, 0.3) is 0 Å². The molecule has 0 spiro atoms. The van der Waals surface area contributed by atoms with Crippen molar-refractivity contribution in [2.45, 2.75) is 19.1 Å². The molecule has 6 heteroatoms. The van der Waals surface area contributed by atoms with Crippen LogP contribution in [0.3, 0.4) is 0 Å². The number of para-hydroxylation sites is 1. The number of nitrogens with zero attached hydrogens (tertiary/aromatic N) is 2. The molecule has 3 rings (SSSR count). The second-order valence-electron chi connectivity index (χ2n) is 4.70. The quantitative estimate of drug-likeness (QED) is 0.851. The standard InChI is InChI=1S/C14H15N3O3/c1-19-14(18)13-11(15)8-17(16-13)7-10-6-9-4-2-3-5-12(9)20-10/h2-5,8,10H,6-7,15H2,1H3. The molecular formula is C14H15N3O3. The number of ether oxygens (including phenoxy) is 2. The Morgan fingerprint density at radius 1 is 1.55 bits per heavy atom. The number of benzene rings is 1. The van der Waals surface area contributed by atoms with Crippen LogP contribution in [0.4, 0.5) is 5.69 Å². The van der Waals surface area contributed by atoms with Gasteiger partial charge in [-0.15, -0.1) is 0 Å². The van der Waals surface area contributed by atoms with E-state index < -0.39 is 5.97 Å². The molecule has 1 unspecified atom stereocenters. The largest absolute Gasteiger partial charge is 0.488 e. The van der Waals surface area contributed by atoms with Gasteiger partial charge in [-0.2, -0.15) is 5.10 Å². The summed E-state index contributed by atoms with van der Waals surface area (Å²) in [6, 6.07) is 7.94. The number of carbonyl (C=O) groups excluding carboxylic acids is 1. The number of nitrogen functional groups attached to an aromatic ring is 1.